The lowest BCUT2D eigenvalue weighted by molar-refractivity contribution is 0.481. The Balaban J connectivity index is 3.53. The predicted molar refractivity (Wildman–Crippen MR) is 39.2 cm³/mol. The van der Waals surface area contributed by atoms with Crippen molar-refractivity contribution >= 4 is 22.7 Å². The van der Waals surface area contributed by atoms with Crippen LogP contribution in [0.15, 0.2) is 0 Å². The third-order valence-electron chi connectivity index (χ3n) is 0.709. The summed E-state index contributed by atoms with van der Waals surface area (Å²) in [5, 5.41) is -0.230. The van der Waals surface area contributed by atoms with Gasteiger partial charge in [0.15, 0.2) is 0 Å². The third kappa shape index (κ3) is 8.26. The van der Waals surface area contributed by atoms with Crippen LogP contribution in [0.5, 0.6) is 0 Å². The Morgan fingerprint density at radius 3 is 2.22 bits per heavy atom. The van der Waals surface area contributed by atoms with Crippen LogP contribution in [0.2, 0.25) is 0 Å². The monoisotopic (exact) mass is 169 g/mol. The van der Waals surface area contributed by atoms with Gasteiger partial charge in [0.1, 0.15) is 0 Å². The second-order valence-corrected chi connectivity index (χ2v) is 4.03. The van der Waals surface area contributed by atoms with Gasteiger partial charge in [-0.1, -0.05) is 0 Å². The number of hydrogen-bond donors (Lipinski definition) is 2. The van der Waals surface area contributed by atoms with E-state index in [1.807, 2.05) is 0 Å². The van der Waals surface area contributed by atoms with Gasteiger partial charge >= 0.3 is 0 Å². The van der Waals surface area contributed by atoms with Crippen molar-refractivity contribution in [2.75, 3.05) is 5.75 Å². The van der Waals surface area contributed by atoms with Gasteiger partial charge in [0.05, 0.1) is 5.75 Å². The number of rotatable bonds is 3. The molecular formula is C4H9O3S2. The van der Waals surface area contributed by atoms with Crippen molar-refractivity contribution in [1.29, 1.82) is 0 Å². The van der Waals surface area contributed by atoms with Gasteiger partial charge in [-0.2, -0.15) is 21.0 Å². The Kier molecular flexibility index (Phi) is 3.53. The van der Waals surface area contributed by atoms with Gasteiger partial charge in [-0.05, 0) is 13.3 Å². The molecule has 9 heavy (non-hydrogen) atoms. The maximum Gasteiger partial charge on any atom is 0.264 e. The van der Waals surface area contributed by atoms with Crippen LogP contribution in [-0.4, -0.2) is 24.0 Å². The molecule has 0 rings (SSSR count). The summed E-state index contributed by atoms with van der Waals surface area (Å²) in [4.78, 5) is 0. The van der Waals surface area contributed by atoms with E-state index >= 15 is 0 Å². The minimum absolute atomic E-state index is 0.230. The first kappa shape index (κ1) is 9.26. The van der Waals surface area contributed by atoms with Crippen molar-refractivity contribution in [2.45, 2.75) is 11.7 Å². The zero-order valence-corrected chi connectivity index (χ0v) is 6.53. The van der Waals surface area contributed by atoms with Crippen molar-refractivity contribution in [2.24, 2.45) is 0 Å². The Labute approximate surface area is 60.6 Å². The van der Waals surface area contributed by atoms with Crippen LogP contribution < -0.4 is 0 Å². The molecular weight excluding hydrogens is 160 g/mol. The van der Waals surface area contributed by atoms with Crippen LogP contribution in [0.1, 0.15) is 6.42 Å². The fourth-order valence-electron chi connectivity index (χ4n) is 0.285. The van der Waals surface area contributed by atoms with E-state index < -0.39 is 10.1 Å². The summed E-state index contributed by atoms with van der Waals surface area (Å²) in [6, 6.07) is 0. The highest BCUT2D eigenvalue weighted by atomic mass is 32.2. The average Bonchev–Trinajstić information content (AvgIpc) is 1.59. The van der Waals surface area contributed by atoms with Gasteiger partial charge < -0.3 is 0 Å². The normalized spacial score (nSPS) is 15.4. The van der Waals surface area contributed by atoms with E-state index in [0.717, 1.165) is 0 Å². The van der Waals surface area contributed by atoms with Crippen molar-refractivity contribution in [1.82, 2.24) is 0 Å². The van der Waals surface area contributed by atoms with E-state index in [9.17, 15) is 8.42 Å². The highest BCUT2D eigenvalue weighted by Gasteiger charge is 2.05. The molecule has 1 radical (unpaired) electrons. The smallest absolute Gasteiger partial charge is 0.264 e. The second-order valence-electron chi connectivity index (χ2n) is 1.73. The Morgan fingerprint density at radius 1 is 1.67 bits per heavy atom. The molecule has 0 fully saturated rings. The highest BCUT2D eigenvalue weighted by molar-refractivity contribution is 7.85. The van der Waals surface area contributed by atoms with Gasteiger partial charge in [0.2, 0.25) is 0 Å². The van der Waals surface area contributed by atoms with Gasteiger partial charge in [-0.3, -0.25) is 4.55 Å². The lowest BCUT2D eigenvalue weighted by Gasteiger charge is -1.98. The molecule has 0 bridgehead atoms. The predicted octanol–water partition coefficient (Wildman–Crippen LogP) is 0.397. The van der Waals surface area contributed by atoms with Gasteiger partial charge in [-0.25, -0.2) is 0 Å². The molecule has 1 N–H and O–H groups in total. The first-order chi connectivity index (χ1) is 3.92. The maximum atomic E-state index is 10.0. The van der Waals surface area contributed by atoms with E-state index in [4.69, 9.17) is 4.55 Å². The Hall–Kier alpha value is 0.260. The molecule has 0 aromatic rings. The summed E-state index contributed by atoms with van der Waals surface area (Å²) in [6.07, 6.45) is 0.280. The Morgan fingerprint density at radius 2 is 2.11 bits per heavy atom. The zero-order valence-electron chi connectivity index (χ0n) is 4.82. The van der Waals surface area contributed by atoms with Gasteiger partial charge in [-0.15, -0.1) is 0 Å². The number of hydrogen-bond acceptors (Lipinski definition) is 3. The molecule has 0 aliphatic rings. The van der Waals surface area contributed by atoms with Crippen molar-refractivity contribution in [3.05, 3.63) is 6.92 Å². The molecule has 1 atom stereocenters. The van der Waals surface area contributed by atoms with Gasteiger partial charge in [0, 0.05) is 5.25 Å². The van der Waals surface area contributed by atoms with Crippen LogP contribution in [-0.2, 0) is 10.1 Å². The van der Waals surface area contributed by atoms with Crippen molar-refractivity contribution in [3.63, 3.8) is 0 Å². The molecule has 0 aromatic carbocycles. The standard InChI is InChI=1S/C4H9O3S2/c1-4(8)2-3-9(5,6)7/h4,8H,1-3H2,(H,5,6,7). The zero-order chi connectivity index (χ0) is 7.49. The second kappa shape index (κ2) is 3.43. The third-order valence-corrected chi connectivity index (χ3v) is 1.72. The largest absolute Gasteiger partial charge is 0.286 e. The van der Waals surface area contributed by atoms with Crippen LogP contribution in [0.25, 0.3) is 0 Å². The molecule has 0 aromatic heterocycles. The molecule has 1 unspecified atom stereocenters. The molecule has 0 saturated heterocycles. The SMILES string of the molecule is [CH2]C(S)CCS(=O)(=O)O. The average molecular weight is 169 g/mol. The van der Waals surface area contributed by atoms with Crippen LogP contribution in [0.4, 0.5) is 0 Å². The fraction of sp³-hybridized carbons (Fsp3) is 0.750. The van der Waals surface area contributed by atoms with E-state index in [1.165, 1.54) is 0 Å². The molecule has 0 saturated carbocycles. The summed E-state index contributed by atoms with van der Waals surface area (Å²) >= 11 is 3.82. The van der Waals surface area contributed by atoms with Crippen molar-refractivity contribution in [3.8, 4) is 0 Å². The molecule has 0 heterocycles. The summed E-state index contributed by atoms with van der Waals surface area (Å²) in [6.45, 7) is 3.43. The van der Waals surface area contributed by atoms with Crippen LogP contribution in [0, 0.1) is 6.92 Å². The molecule has 3 nitrogen and oxygen atoms in total. The van der Waals surface area contributed by atoms with E-state index in [1.54, 1.807) is 0 Å². The van der Waals surface area contributed by atoms with Crippen LogP contribution >= 0.6 is 12.6 Å². The summed E-state index contributed by atoms with van der Waals surface area (Å²) < 4.78 is 28.2. The van der Waals surface area contributed by atoms with E-state index in [0.29, 0.717) is 0 Å². The van der Waals surface area contributed by atoms with Gasteiger partial charge in [0.25, 0.3) is 10.1 Å². The molecule has 0 aliphatic heterocycles. The minimum Gasteiger partial charge on any atom is -0.286 e. The molecule has 5 heteroatoms. The lowest BCUT2D eigenvalue weighted by atomic mass is 10.4. The maximum absolute atomic E-state index is 10.0. The minimum atomic E-state index is -3.81. The molecule has 0 aliphatic carbocycles. The number of thiol groups is 1. The first-order valence-electron chi connectivity index (χ1n) is 2.38. The first-order valence-corrected chi connectivity index (χ1v) is 4.50. The summed E-state index contributed by atoms with van der Waals surface area (Å²) in [5.74, 6) is -0.259. The highest BCUT2D eigenvalue weighted by Crippen LogP contribution is 1.99. The summed E-state index contributed by atoms with van der Waals surface area (Å²) in [7, 11) is -3.81. The quantitative estimate of drug-likeness (QED) is 0.475. The lowest BCUT2D eigenvalue weighted by Crippen LogP contribution is -2.07. The molecule has 0 spiro atoms. The van der Waals surface area contributed by atoms with Crippen molar-refractivity contribution < 1.29 is 13.0 Å². The molecule has 0 amide bonds. The molecule has 55 valence electrons. The Bertz CT molecular complexity index is 159. The topological polar surface area (TPSA) is 54.4 Å². The van der Waals surface area contributed by atoms with E-state index in [2.05, 4.69) is 19.6 Å². The fourth-order valence-corrected chi connectivity index (χ4v) is 1.17. The van der Waals surface area contributed by atoms with Crippen LogP contribution in [0.3, 0.4) is 0 Å². The summed E-state index contributed by atoms with van der Waals surface area (Å²) in [5.41, 5.74) is 0. The van der Waals surface area contributed by atoms with E-state index in [-0.39, 0.29) is 17.4 Å².